The van der Waals surface area contributed by atoms with Crippen molar-refractivity contribution >= 4 is 28.1 Å². The molecule has 6 heteroatoms. The van der Waals surface area contributed by atoms with Crippen molar-refractivity contribution < 1.29 is 14.3 Å². The highest BCUT2D eigenvalue weighted by Gasteiger charge is 2.34. The van der Waals surface area contributed by atoms with Gasteiger partial charge in [0, 0.05) is 23.5 Å². The lowest BCUT2D eigenvalue weighted by molar-refractivity contribution is 0.0735. The van der Waals surface area contributed by atoms with E-state index in [9.17, 15) is 4.79 Å². The Morgan fingerprint density at radius 3 is 2.58 bits per heavy atom. The zero-order chi connectivity index (χ0) is 22.9. The highest BCUT2D eigenvalue weighted by molar-refractivity contribution is 7.12. The molecule has 33 heavy (non-hydrogen) atoms. The van der Waals surface area contributed by atoms with E-state index in [-0.39, 0.29) is 11.9 Å². The SMILES string of the molecule is COc1ccc(-c2nc3cc(C)ccc3cc2CN(C(=O)c2cccs2)C2CC2)cc1OC. The molecular weight excluding hydrogens is 432 g/mol. The molecule has 0 bridgehead atoms. The highest BCUT2D eigenvalue weighted by atomic mass is 32.1. The number of ether oxygens (including phenoxy) is 2. The van der Waals surface area contributed by atoms with Crippen LogP contribution in [0.25, 0.3) is 22.2 Å². The Morgan fingerprint density at radius 2 is 1.88 bits per heavy atom. The lowest BCUT2D eigenvalue weighted by Gasteiger charge is -2.24. The maximum Gasteiger partial charge on any atom is 0.264 e. The molecule has 0 N–H and O–H groups in total. The van der Waals surface area contributed by atoms with Gasteiger partial charge in [-0.2, -0.15) is 0 Å². The lowest BCUT2D eigenvalue weighted by Crippen LogP contribution is -2.32. The molecule has 4 aromatic rings. The molecule has 1 aliphatic rings. The van der Waals surface area contributed by atoms with Crippen LogP contribution in [-0.2, 0) is 6.54 Å². The Balaban J connectivity index is 1.62. The van der Waals surface area contributed by atoms with Crippen molar-refractivity contribution in [2.75, 3.05) is 14.2 Å². The largest absolute Gasteiger partial charge is 0.493 e. The number of fused-ring (bicyclic) bond motifs is 1. The smallest absolute Gasteiger partial charge is 0.264 e. The van der Waals surface area contributed by atoms with Crippen LogP contribution in [0.2, 0.25) is 0 Å². The fourth-order valence-corrected chi connectivity index (χ4v) is 4.83. The van der Waals surface area contributed by atoms with Crippen molar-refractivity contribution in [1.29, 1.82) is 0 Å². The average Bonchev–Trinajstić information content (AvgIpc) is 3.53. The van der Waals surface area contributed by atoms with Crippen LogP contribution in [0.1, 0.15) is 33.6 Å². The molecule has 0 atom stereocenters. The van der Waals surface area contributed by atoms with Crippen LogP contribution in [0.5, 0.6) is 11.5 Å². The van der Waals surface area contributed by atoms with E-state index >= 15 is 0 Å². The van der Waals surface area contributed by atoms with Gasteiger partial charge in [-0.1, -0.05) is 18.2 Å². The van der Waals surface area contributed by atoms with Crippen molar-refractivity contribution in [2.45, 2.75) is 32.4 Å². The minimum Gasteiger partial charge on any atom is -0.493 e. The number of aromatic nitrogens is 1. The van der Waals surface area contributed by atoms with Gasteiger partial charge in [0.2, 0.25) is 0 Å². The zero-order valence-electron chi connectivity index (χ0n) is 19.0. The molecule has 0 unspecified atom stereocenters. The van der Waals surface area contributed by atoms with E-state index in [0.29, 0.717) is 18.0 Å². The average molecular weight is 459 g/mol. The van der Waals surface area contributed by atoms with Crippen LogP contribution >= 0.6 is 11.3 Å². The monoisotopic (exact) mass is 458 g/mol. The number of hydrogen-bond donors (Lipinski definition) is 0. The number of hydrogen-bond acceptors (Lipinski definition) is 5. The van der Waals surface area contributed by atoms with Crippen molar-refractivity contribution in [2.24, 2.45) is 0 Å². The molecule has 2 heterocycles. The summed E-state index contributed by atoms with van der Waals surface area (Å²) in [4.78, 5) is 21.2. The Hall–Kier alpha value is -3.38. The van der Waals surface area contributed by atoms with Gasteiger partial charge >= 0.3 is 0 Å². The van der Waals surface area contributed by atoms with Gasteiger partial charge in [-0.05, 0) is 72.7 Å². The third-order valence-electron chi connectivity index (χ3n) is 6.03. The fourth-order valence-electron chi connectivity index (χ4n) is 4.15. The molecule has 1 amide bonds. The number of rotatable bonds is 7. The van der Waals surface area contributed by atoms with Crippen molar-refractivity contribution in [3.05, 3.63) is 76.0 Å². The summed E-state index contributed by atoms with van der Waals surface area (Å²) in [6.07, 6.45) is 2.09. The number of nitrogens with zero attached hydrogens (tertiary/aromatic N) is 2. The van der Waals surface area contributed by atoms with Gasteiger partial charge in [-0.3, -0.25) is 4.79 Å². The zero-order valence-corrected chi connectivity index (χ0v) is 19.8. The van der Waals surface area contributed by atoms with Crippen LogP contribution in [0.3, 0.4) is 0 Å². The third kappa shape index (κ3) is 4.31. The Morgan fingerprint density at radius 1 is 1.06 bits per heavy atom. The standard InChI is InChI=1S/C27H26N2O3S/c1-17-6-7-18-14-20(16-29(21-9-10-21)27(30)25-5-4-12-33-25)26(28-22(18)13-17)19-8-11-23(31-2)24(15-19)32-3/h4-8,11-15,21H,9-10,16H2,1-3H3. The molecule has 1 saturated carbocycles. The molecule has 5 rings (SSSR count). The number of methoxy groups -OCH3 is 2. The second-order valence-electron chi connectivity index (χ2n) is 8.40. The first-order chi connectivity index (χ1) is 16.1. The van der Waals surface area contributed by atoms with Crippen LogP contribution in [-0.4, -0.2) is 36.1 Å². The number of amides is 1. The minimum atomic E-state index is 0.0924. The Labute approximate surface area is 197 Å². The molecular formula is C27H26N2O3S. The summed E-state index contributed by atoms with van der Waals surface area (Å²) in [7, 11) is 3.26. The van der Waals surface area contributed by atoms with Gasteiger partial charge in [0.1, 0.15) is 0 Å². The molecule has 2 aromatic heterocycles. The van der Waals surface area contributed by atoms with Gasteiger partial charge < -0.3 is 14.4 Å². The Bertz CT molecular complexity index is 1310. The van der Waals surface area contributed by atoms with E-state index in [1.54, 1.807) is 14.2 Å². The van der Waals surface area contributed by atoms with Gasteiger partial charge in [-0.15, -0.1) is 11.3 Å². The molecule has 0 radical (unpaired) electrons. The first kappa shape index (κ1) is 21.5. The van der Waals surface area contributed by atoms with E-state index < -0.39 is 0 Å². The number of carbonyl (C=O) groups excluding carboxylic acids is 1. The molecule has 0 spiro atoms. The molecule has 1 fully saturated rings. The van der Waals surface area contributed by atoms with Crippen molar-refractivity contribution in [1.82, 2.24) is 9.88 Å². The van der Waals surface area contributed by atoms with E-state index in [4.69, 9.17) is 14.5 Å². The summed E-state index contributed by atoms with van der Waals surface area (Å²) in [5.41, 5.74) is 4.92. The fraction of sp³-hybridized carbons (Fsp3) is 0.259. The van der Waals surface area contributed by atoms with Crippen LogP contribution in [0.4, 0.5) is 0 Å². The van der Waals surface area contributed by atoms with Gasteiger partial charge in [0.05, 0.1) is 30.3 Å². The summed E-state index contributed by atoms with van der Waals surface area (Å²) >= 11 is 1.49. The first-order valence-corrected chi connectivity index (χ1v) is 11.9. The second kappa shape index (κ2) is 8.87. The molecule has 0 aliphatic heterocycles. The van der Waals surface area contributed by atoms with Crippen molar-refractivity contribution in [3.63, 3.8) is 0 Å². The number of aryl methyl sites for hydroxylation is 1. The molecule has 2 aromatic carbocycles. The number of benzene rings is 2. The Kier molecular flexibility index (Phi) is 5.77. The van der Waals surface area contributed by atoms with Crippen LogP contribution in [0, 0.1) is 6.92 Å². The topological polar surface area (TPSA) is 51.7 Å². The lowest BCUT2D eigenvalue weighted by atomic mass is 10.0. The molecule has 0 saturated heterocycles. The summed E-state index contributed by atoms with van der Waals surface area (Å²) in [6, 6.07) is 18.4. The summed E-state index contributed by atoms with van der Waals surface area (Å²) in [5.74, 6) is 1.42. The normalized spacial score (nSPS) is 13.2. The number of thiophene rings is 1. The van der Waals surface area contributed by atoms with Gasteiger partial charge in [-0.25, -0.2) is 4.98 Å². The van der Waals surface area contributed by atoms with Crippen LogP contribution < -0.4 is 9.47 Å². The molecule has 168 valence electrons. The maximum absolute atomic E-state index is 13.3. The predicted molar refractivity (Wildman–Crippen MR) is 132 cm³/mol. The van der Waals surface area contributed by atoms with E-state index in [1.807, 2.05) is 40.6 Å². The first-order valence-electron chi connectivity index (χ1n) is 11.0. The third-order valence-corrected chi connectivity index (χ3v) is 6.89. The summed E-state index contributed by atoms with van der Waals surface area (Å²) in [6.45, 7) is 2.58. The minimum absolute atomic E-state index is 0.0924. The highest BCUT2D eigenvalue weighted by Crippen LogP contribution is 2.36. The predicted octanol–water partition coefficient (Wildman–Crippen LogP) is 6.09. The quantitative estimate of drug-likeness (QED) is 0.336. The van der Waals surface area contributed by atoms with E-state index in [1.165, 1.54) is 11.3 Å². The van der Waals surface area contributed by atoms with Crippen molar-refractivity contribution in [3.8, 4) is 22.8 Å². The van der Waals surface area contributed by atoms with E-state index in [2.05, 4.69) is 31.2 Å². The van der Waals surface area contributed by atoms with E-state index in [0.717, 1.165) is 51.0 Å². The summed E-state index contributed by atoms with van der Waals surface area (Å²) < 4.78 is 11.0. The summed E-state index contributed by atoms with van der Waals surface area (Å²) in [5, 5.41) is 3.02. The molecule has 1 aliphatic carbocycles. The second-order valence-corrected chi connectivity index (χ2v) is 9.35. The van der Waals surface area contributed by atoms with Crippen LogP contribution in [0.15, 0.2) is 60.0 Å². The number of carbonyl (C=O) groups is 1. The van der Waals surface area contributed by atoms with Gasteiger partial charge in [0.25, 0.3) is 5.91 Å². The molecule has 5 nitrogen and oxygen atoms in total. The van der Waals surface area contributed by atoms with Gasteiger partial charge in [0.15, 0.2) is 11.5 Å². The maximum atomic E-state index is 13.3. The number of pyridine rings is 1.